The van der Waals surface area contributed by atoms with Gasteiger partial charge in [0.15, 0.2) is 0 Å². The van der Waals surface area contributed by atoms with Gasteiger partial charge in [0.2, 0.25) is 0 Å². The number of nitrogens with zero attached hydrogens (tertiary/aromatic N) is 3. The van der Waals surface area contributed by atoms with Gasteiger partial charge in [-0.15, -0.1) is 0 Å². The van der Waals surface area contributed by atoms with Crippen molar-refractivity contribution in [2.45, 2.75) is 59.0 Å². The molecule has 186 valence electrons. The van der Waals surface area contributed by atoms with E-state index in [1.807, 2.05) is 6.92 Å². The fourth-order valence-electron chi connectivity index (χ4n) is 5.45. The molecule has 6 nitrogen and oxygen atoms in total. The van der Waals surface area contributed by atoms with Gasteiger partial charge in [0.05, 0.1) is 18.9 Å². The Morgan fingerprint density at radius 1 is 1.12 bits per heavy atom. The van der Waals surface area contributed by atoms with Crippen LogP contribution >= 0.6 is 0 Å². The van der Waals surface area contributed by atoms with Crippen LogP contribution < -0.4 is 10.2 Å². The van der Waals surface area contributed by atoms with Crippen molar-refractivity contribution in [3.05, 3.63) is 52.6 Å². The first kappa shape index (κ1) is 24.7. The minimum atomic E-state index is -0.251. The van der Waals surface area contributed by atoms with Gasteiger partial charge in [-0.2, -0.15) is 0 Å². The Morgan fingerprint density at radius 2 is 1.85 bits per heavy atom. The second-order valence-electron chi connectivity index (χ2n) is 9.71. The zero-order valence-corrected chi connectivity index (χ0v) is 20.9. The lowest BCUT2D eigenvalue weighted by atomic mass is 10.0. The summed E-state index contributed by atoms with van der Waals surface area (Å²) in [6.07, 6.45) is 4.81. The first-order valence-electron chi connectivity index (χ1n) is 12.7. The van der Waals surface area contributed by atoms with E-state index < -0.39 is 0 Å². The van der Waals surface area contributed by atoms with E-state index in [4.69, 9.17) is 4.74 Å². The van der Waals surface area contributed by atoms with Gasteiger partial charge in [-0.1, -0.05) is 18.6 Å². The van der Waals surface area contributed by atoms with Crippen molar-refractivity contribution >= 4 is 11.6 Å². The molecular formula is C27H39FN4O2. The van der Waals surface area contributed by atoms with Crippen LogP contribution in [0.25, 0.3) is 0 Å². The molecule has 0 spiro atoms. The SMILES string of the molecule is Cc1c(N2CCOCC2)c(C)n(Cc2ccc(F)cc2)c1C(=O)NCCCN1CCCCC1C. The number of nitrogens with one attached hydrogen (secondary N) is 1. The number of anilines is 1. The third-order valence-electron chi connectivity index (χ3n) is 7.37. The Kier molecular flexibility index (Phi) is 8.27. The van der Waals surface area contributed by atoms with Crippen LogP contribution in [-0.2, 0) is 11.3 Å². The lowest BCUT2D eigenvalue weighted by Crippen LogP contribution is -2.39. The Morgan fingerprint density at radius 3 is 2.56 bits per heavy atom. The van der Waals surface area contributed by atoms with E-state index in [0.29, 0.717) is 38.0 Å². The first-order chi connectivity index (χ1) is 16.5. The van der Waals surface area contributed by atoms with Gasteiger partial charge >= 0.3 is 0 Å². The molecule has 2 aliphatic heterocycles. The number of carbonyl (C=O) groups is 1. The van der Waals surface area contributed by atoms with Crippen molar-refractivity contribution in [3.63, 3.8) is 0 Å². The molecule has 3 heterocycles. The molecule has 0 aliphatic carbocycles. The van der Waals surface area contributed by atoms with Gasteiger partial charge in [0.25, 0.3) is 5.91 Å². The molecule has 1 atom stereocenters. The molecule has 4 rings (SSSR count). The van der Waals surface area contributed by atoms with E-state index in [9.17, 15) is 9.18 Å². The van der Waals surface area contributed by atoms with Crippen LogP contribution in [0, 0.1) is 19.7 Å². The number of morpholine rings is 1. The van der Waals surface area contributed by atoms with Gasteiger partial charge in [-0.25, -0.2) is 4.39 Å². The highest BCUT2D eigenvalue weighted by Gasteiger charge is 2.27. The second kappa shape index (κ2) is 11.4. The number of ether oxygens (including phenoxy) is 1. The molecule has 2 saturated heterocycles. The van der Waals surface area contributed by atoms with E-state index in [0.717, 1.165) is 55.1 Å². The predicted octanol–water partition coefficient (Wildman–Crippen LogP) is 4.12. The minimum absolute atomic E-state index is 0.0334. The molecule has 0 bridgehead atoms. The van der Waals surface area contributed by atoms with E-state index in [-0.39, 0.29) is 11.7 Å². The van der Waals surface area contributed by atoms with E-state index in [1.165, 1.54) is 31.4 Å². The highest BCUT2D eigenvalue weighted by Crippen LogP contribution is 2.32. The number of likely N-dealkylation sites (tertiary alicyclic amines) is 1. The molecule has 2 aromatic rings. The lowest BCUT2D eigenvalue weighted by Gasteiger charge is -2.33. The van der Waals surface area contributed by atoms with Crippen LogP contribution in [0.2, 0.25) is 0 Å². The van der Waals surface area contributed by atoms with Gasteiger partial charge in [0, 0.05) is 50.0 Å². The summed E-state index contributed by atoms with van der Waals surface area (Å²) in [4.78, 5) is 18.3. The van der Waals surface area contributed by atoms with Crippen LogP contribution in [0.4, 0.5) is 10.1 Å². The van der Waals surface area contributed by atoms with Crippen molar-refractivity contribution in [2.24, 2.45) is 0 Å². The summed E-state index contributed by atoms with van der Waals surface area (Å²) in [5.41, 5.74) is 4.87. The zero-order valence-electron chi connectivity index (χ0n) is 20.9. The number of aromatic nitrogens is 1. The van der Waals surface area contributed by atoms with Gasteiger partial charge in [-0.05, 0) is 64.3 Å². The third kappa shape index (κ3) is 5.63. The second-order valence-corrected chi connectivity index (χ2v) is 9.71. The van der Waals surface area contributed by atoms with Crippen LogP contribution in [0.3, 0.4) is 0 Å². The number of hydrogen-bond donors (Lipinski definition) is 1. The molecule has 0 radical (unpaired) electrons. The van der Waals surface area contributed by atoms with Crippen molar-refractivity contribution in [1.82, 2.24) is 14.8 Å². The monoisotopic (exact) mass is 470 g/mol. The number of halogens is 1. The molecular weight excluding hydrogens is 431 g/mol. The summed E-state index contributed by atoms with van der Waals surface area (Å²) in [6.45, 7) is 12.8. The highest BCUT2D eigenvalue weighted by molar-refractivity contribution is 5.96. The molecule has 2 aliphatic rings. The number of piperidine rings is 1. The average molecular weight is 471 g/mol. The summed E-state index contributed by atoms with van der Waals surface area (Å²) < 4.78 is 21.1. The van der Waals surface area contributed by atoms with Crippen molar-refractivity contribution in [2.75, 3.05) is 50.8 Å². The minimum Gasteiger partial charge on any atom is -0.378 e. The van der Waals surface area contributed by atoms with Crippen LogP contribution in [0.15, 0.2) is 24.3 Å². The normalized spacial score (nSPS) is 19.4. The van der Waals surface area contributed by atoms with Gasteiger partial charge in [0.1, 0.15) is 11.5 Å². The molecule has 2 fully saturated rings. The molecule has 7 heteroatoms. The maximum absolute atomic E-state index is 13.5. The summed E-state index contributed by atoms with van der Waals surface area (Å²) in [6, 6.07) is 7.18. The van der Waals surface area contributed by atoms with Crippen LogP contribution in [0.5, 0.6) is 0 Å². The summed E-state index contributed by atoms with van der Waals surface area (Å²) in [5, 5.41) is 3.18. The Balaban J connectivity index is 1.51. The first-order valence-corrected chi connectivity index (χ1v) is 12.7. The van der Waals surface area contributed by atoms with Crippen molar-refractivity contribution in [3.8, 4) is 0 Å². The molecule has 1 N–H and O–H groups in total. The lowest BCUT2D eigenvalue weighted by molar-refractivity contribution is 0.0939. The van der Waals surface area contributed by atoms with Crippen molar-refractivity contribution < 1.29 is 13.9 Å². The Labute approximate surface area is 203 Å². The number of amides is 1. The number of hydrogen-bond acceptors (Lipinski definition) is 4. The van der Waals surface area contributed by atoms with E-state index in [1.54, 1.807) is 12.1 Å². The standard InChI is InChI=1S/C27H39FN4O2/c1-20-7-4-5-13-30(20)14-6-12-29-27(33)26-21(2)25(31-15-17-34-18-16-31)22(3)32(26)19-23-8-10-24(28)11-9-23/h8-11,20H,4-7,12-19H2,1-3H3,(H,29,33). The van der Waals surface area contributed by atoms with Crippen LogP contribution in [0.1, 0.15) is 59.9 Å². The third-order valence-corrected chi connectivity index (χ3v) is 7.37. The predicted molar refractivity (Wildman–Crippen MR) is 134 cm³/mol. The summed E-state index contributed by atoms with van der Waals surface area (Å²) in [7, 11) is 0. The quantitative estimate of drug-likeness (QED) is 0.590. The largest absolute Gasteiger partial charge is 0.378 e. The fourth-order valence-corrected chi connectivity index (χ4v) is 5.45. The van der Waals surface area contributed by atoms with E-state index >= 15 is 0 Å². The molecule has 1 unspecified atom stereocenters. The maximum Gasteiger partial charge on any atom is 0.268 e. The number of carbonyl (C=O) groups excluding carboxylic acids is 1. The van der Waals surface area contributed by atoms with Crippen LogP contribution in [-0.4, -0.2) is 67.4 Å². The zero-order chi connectivity index (χ0) is 24.1. The van der Waals surface area contributed by atoms with Gasteiger partial charge in [-0.3, -0.25) is 4.79 Å². The maximum atomic E-state index is 13.5. The number of rotatable bonds is 8. The average Bonchev–Trinajstić information content (AvgIpc) is 3.08. The topological polar surface area (TPSA) is 49.7 Å². The van der Waals surface area contributed by atoms with Crippen molar-refractivity contribution in [1.29, 1.82) is 0 Å². The summed E-state index contributed by atoms with van der Waals surface area (Å²) in [5.74, 6) is -0.284. The molecule has 1 aromatic carbocycles. The Hall–Kier alpha value is -2.38. The smallest absolute Gasteiger partial charge is 0.268 e. The summed E-state index contributed by atoms with van der Waals surface area (Å²) >= 11 is 0. The fraction of sp³-hybridized carbons (Fsp3) is 0.593. The Bertz CT molecular complexity index is 966. The molecule has 34 heavy (non-hydrogen) atoms. The highest BCUT2D eigenvalue weighted by atomic mass is 19.1. The molecule has 1 amide bonds. The molecule has 0 saturated carbocycles. The number of benzene rings is 1. The van der Waals surface area contributed by atoms with E-state index in [2.05, 4.69) is 33.5 Å². The molecule has 1 aromatic heterocycles. The van der Waals surface area contributed by atoms with Gasteiger partial charge < -0.3 is 24.4 Å².